The number of hydrogen-bond acceptors (Lipinski definition) is 10. The number of amides is 3. The fourth-order valence-corrected chi connectivity index (χ4v) is 11.2. The number of thioether (sulfide) groups is 1. The van der Waals surface area contributed by atoms with Gasteiger partial charge in [-0.25, -0.2) is 0 Å². The number of nitrogens with one attached hydrogen (secondary N) is 5. The lowest BCUT2D eigenvalue weighted by Gasteiger charge is -2.29. The van der Waals surface area contributed by atoms with Gasteiger partial charge in [0.15, 0.2) is 5.43 Å². The van der Waals surface area contributed by atoms with Gasteiger partial charge < -0.3 is 40.2 Å². The zero-order chi connectivity index (χ0) is 46.3. The fraction of sp³-hybridized carbons (Fsp3) is 0.522. The van der Waals surface area contributed by atoms with E-state index < -0.39 is 24.6 Å². The van der Waals surface area contributed by atoms with Gasteiger partial charge in [-0.2, -0.15) is 0 Å². The van der Waals surface area contributed by atoms with E-state index in [0.717, 1.165) is 28.6 Å². The molecule has 17 heteroatoms. The van der Waals surface area contributed by atoms with Gasteiger partial charge in [0, 0.05) is 48.2 Å². The van der Waals surface area contributed by atoms with Crippen molar-refractivity contribution in [2.24, 2.45) is 11.8 Å². The molecule has 1 saturated heterocycles. The zero-order valence-corrected chi connectivity index (χ0v) is 40.0. The molecule has 2 aliphatic carbocycles. The van der Waals surface area contributed by atoms with E-state index in [2.05, 4.69) is 67.4 Å². The van der Waals surface area contributed by atoms with Gasteiger partial charge in [-0.1, -0.05) is 75.2 Å². The van der Waals surface area contributed by atoms with Crippen LogP contribution in [-0.4, -0.2) is 89.3 Å². The van der Waals surface area contributed by atoms with Gasteiger partial charge in [-0.3, -0.25) is 29.1 Å². The first-order valence-electron chi connectivity index (χ1n) is 21.6. The van der Waals surface area contributed by atoms with E-state index in [4.69, 9.17) is 21.1 Å². The number of rotatable bonds is 14. The number of H-pyrrole nitrogens is 1. The van der Waals surface area contributed by atoms with Gasteiger partial charge in [-0.15, -0.1) is 6.58 Å². The third-order valence-corrected chi connectivity index (χ3v) is 14.6. The van der Waals surface area contributed by atoms with E-state index in [1.165, 1.54) is 30.6 Å². The predicted octanol–water partition coefficient (Wildman–Crippen LogP) is 7.56. The van der Waals surface area contributed by atoms with E-state index in [1.807, 2.05) is 11.5 Å². The molecule has 4 unspecified atom stereocenters. The monoisotopic (exact) mass is 928 g/mol. The van der Waals surface area contributed by atoms with Gasteiger partial charge in [-0.05, 0) is 87.1 Å². The third kappa shape index (κ3) is 14.7. The maximum atomic E-state index is 13.4. The Bertz CT molecular complexity index is 2160. The number of aromatic nitrogens is 1. The minimum Gasteiger partial charge on any atom is -0.497 e. The second-order valence-corrected chi connectivity index (χ2v) is 21.0. The van der Waals surface area contributed by atoms with E-state index in [0.29, 0.717) is 60.3 Å². The molecule has 0 spiro atoms. The fourth-order valence-electron chi connectivity index (χ4n) is 7.57. The predicted molar refractivity (Wildman–Crippen MR) is 255 cm³/mol. The van der Waals surface area contributed by atoms with Crippen LogP contribution in [0.4, 0.5) is 0 Å². The molecule has 6 N–H and O–H groups in total. The van der Waals surface area contributed by atoms with Gasteiger partial charge in [0.2, 0.25) is 25.6 Å². The van der Waals surface area contributed by atoms with Crippen molar-refractivity contribution in [2.45, 2.75) is 115 Å². The molecule has 0 bridgehead atoms. The minimum absolute atomic E-state index is 0.000582. The minimum atomic E-state index is -3.88. The molecule has 2 aliphatic heterocycles. The normalized spacial score (nSPS) is 22.2. The summed E-state index contributed by atoms with van der Waals surface area (Å²) in [7, 11) is -0.462. The summed E-state index contributed by atoms with van der Waals surface area (Å²) in [5.41, 5.74) is 3.21. The van der Waals surface area contributed by atoms with Crippen LogP contribution in [0.15, 0.2) is 71.4 Å². The standard InChI is InChI=1S/C20H25ClN3O5P.C16H19N3O2S.C6H12O.C4H10/c1-2-15-10-20(15,30(28,29)12-14-5-3-6-16(21)9-14)23-19(27)17-7-4-8-24(17)18(26)11-22-13-25;1-9(2)17-16-19-14(8-22-16)13-7-15(20)11-5-4-10(21-3)6-12(11)18-13;1-7-6-4-2-3-5-6;1-4(2)3/h2-3,5-6,9,13,15,17H,1,4,7-8,10-12H2,(H,22,25)(H,23,27)(H,28,29);4-9,16-17,19H,1-3H3,(H,18,20);6H,2-5H2,1H3;4H,1-3H3/t15?,17?,20-;;;/m0.../s1. The Morgan fingerprint density at radius 2 is 1.79 bits per heavy atom. The molecule has 5 atom stereocenters. The van der Waals surface area contributed by atoms with E-state index in [-0.39, 0.29) is 35.5 Å². The number of fused-ring (bicyclic) bond motifs is 1. The number of nitrogens with zero attached hydrogens (tertiary/aromatic N) is 1. The highest BCUT2D eigenvalue weighted by atomic mass is 35.5. The SMILES string of the molecule is C=CC1C[C@]1(NC(=O)C1CCCN1C(=O)CNC=O)P(=O)(O)Cc1cccc(Cl)c1.CC(C)C.COC1CCCC1.COc1ccc2c(=O)cc(C3=CSC(NC(C)C)N3)[nH]c2c1. The van der Waals surface area contributed by atoms with Crippen molar-refractivity contribution in [1.82, 2.24) is 31.2 Å². The number of ether oxygens (including phenoxy) is 2. The quantitative estimate of drug-likeness (QED) is 0.0532. The molecule has 0 radical (unpaired) electrons. The number of hydrogen-bond donors (Lipinski definition) is 6. The molecule has 3 heterocycles. The number of likely N-dealkylation sites (tertiary alicyclic amines) is 1. The Kier molecular flexibility index (Phi) is 19.8. The first-order chi connectivity index (χ1) is 30.0. The van der Waals surface area contributed by atoms with Gasteiger partial charge >= 0.3 is 0 Å². The van der Waals surface area contributed by atoms with Gasteiger partial charge in [0.25, 0.3) is 0 Å². The number of benzene rings is 2. The summed E-state index contributed by atoms with van der Waals surface area (Å²) >= 11 is 7.65. The van der Waals surface area contributed by atoms with Crippen LogP contribution in [0, 0.1) is 11.8 Å². The topological polar surface area (TPSA) is 191 Å². The van der Waals surface area contributed by atoms with E-state index in [9.17, 15) is 28.6 Å². The average Bonchev–Trinajstić information content (AvgIpc) is 3.71. The first-order valence-corrected chi connectivity index (χ1v) is 24.7. The maximum absolute atomic E-state index is 13.4. The number of carbonyl (C=O) groups excluding carboxylic acids is 3. The van der Waals surface area contributed by atoms with Crippen molar-refractivity contribution in [3.8, 4) is 5.75 Å². The summed E-state index contributed by atoms with van der Waals surface area (Å²) in [6.07, 6.45) is 9.20. The Hall–Kier alpha value is -4.11. The lowest BCUT2D eigenvalue weighted by Crippen LogP contribution is -2.51. The highest BCUT2D eigenvalue weighted by Gasteiger charge is 2.65. The number of aromatic amines is 1. The van der Waals surface area contributed by atoms with Crippen LogP contribution in [0.3, 0.4) is 0 Å². The summed E-state index contributed by atoms with van der Waals surface area (Å²) in [5, 5.41) is 13.7. The molecule has 7 rings (SSSR count). The number of pyridine rings is 1. The van der Waals surface area contributed by atoms with Gasteiger partial charge in [0.05, 0.1) is 42.8 Å². The second kappa shape index (κ2) is 24.3. The molecule has 346 valence electrons. The van der Waals surface area contributed by atoms with E-state index in [1.54, 1.807) is 74.5 Å². The molecule has 2 saturated carbocycles. The summed E-state index contributed by atoms with van der Waals surface area (Å²) < 4.78 is 23.7. The van der Waals surface area contributed by atoms with Gasteiger partial charge in [0.1, 0.15) is 22.6 Å². The van der Waals surface area contributed by atoms with Crippen molar-refractivity contribution < 1.29 is 33.3 Å². The van der Waals surface area contributed by atoms with Crippen molar-refractivity contribution in [3.05, 3.63) is 93.1 Å². The molecule has 4 aliphatic rings. The highest BCUT2D eigenvalue weighted by molar-refractivity contribution is 8.03. The summed E-state index contributed by atoms with van der Waals surface area (Å²) in [6, 6.07) is 13.4. The van der Waals surface area contributed by atoms with Crippen LogP contribution >= 0.6 is 30.7 Å². The molecule has 3 aromatic rings. The van der Waals surface area contributed by atoms with Crippen molar-refractivity contribution in [1.29, 1.82) is 0 Å². The van der Waals surface area contributed by atoms with Crippen LogP contribution in [0.2, 0.25) is 5.02 Å². The lowest BCUT2D eigenvalue weighted by molar-refractivity contribution is -0.138. The Labute approximate surface area is 381 Å². The molecule has 2 aromatic carbocycles. The van der Waals surface area contributed by atoms with Crippen molar-refractivity contribution in [3.63, 3.8) is 0 Å². The van der Waals surface area contributed by atoms with Crippen LogP contribution in [-0.2, 0) is 29.8 Å². The summed E-state index contributed by atoms with van der Waals surface area (Å²) in [4.78, 5) is 63.7. The van der Waals surface area contributed by atoms with Crippen LogP contribution in [0.5, 0.6) is 5.75 Å². The number of methoxy groups -OCH3 is 2. The Morgan fingerprint density at radius 3 is 2.38 bits per heavy atom. The largest absolute Gasteiger partial charge is 0.497 e. The Balaban J connectivity index is 0.000000228. The van der Waals surface area contributed by atoms with Crippen LogP contribution < -0.4 is 31.4 Å². The summed E-state index contributed by atoms with van der Waals surface area (Å²) in [5.74, 6) is 0.397. The number of carbonyl (C=O) groups is 3. The Morgan fingerprint density at radius 1 is 1.08 bits per heavy atom. The molecule has 3 amide bonds. The average molecular weight is 930 g/mol. The molecule has 1 aromatic heterocycles. The molecule has 63 heavy (non-hydrogen) atoms. The third-order valence-electron chi connectivity index (χ3n) is 10.8. The molecule has 3 fully saturated rings. The number of halogens is 1. The van der Waals surface area contributed by atoms with Crippen LogP contribution in [0.1, 0.15) is 90.8 Å². The van der Waals surface area contributed by atoms with Crippen molar-refractivity contribution >= 4 is 65.6 Å². The lowest BCUT2D eigenvalue weighted by atomic mass is 10.1. The maximum Gasteiger partial charge on any atom is 0.243 e. The highest BCUT2D eigenvalue weighted by Crippen LogP contribution is 2.70. The van der Waals surface area contributed by atoms with Crippen molar-refractivity contribution in [2.75, 3.05) is 27.3 Å². The smallest absolute Gasteiger partial charge is 0.243 e. The van der Waals surface area contributed by atoms with Crippen LogP contribution in [0.25, 0.3) is 16.6 Å². The molecular weight excluding hydrogens is 863 g/mol. The zero-order valence-electron chi connectivity index (χ0n) is 37.6. The summed E-state index contributed by atoms with van der Waals surface area (Å²) in [6.45, 7) is 14.6. The molecular formula is C46H66ClN6O8PS. The molecule has 14 nitrogen and oxygen atoms in total. The van der Waals surface area contributed by atoms with E-state index >= 15 is 0 Å². The second-order valence-electron chi connectivity index (χ2n) is 17.0. The first kappa shape index (κ1) is 51.5.